The molecule has 0 unspecified atom stereocenters. The van der Waals surface area contributed by atoms with Gasteiger partial charge in [-0.05, 0) is 44.4 Å². The van der Waals surface area contributed by atoms with Crippen LogP contribution in [0.1, 0.15) is 38.8 Å². The Morgan fingerprint density at radius 2 is 1.89 bits per heavy atom. The maximum atomic E-state index is 5.84. The van der Waals surface area contributed by atoms with Crippen LogP contribution >= 0.6 is 12.2 Å². The molecule has 3 heteroatoms. The zero-order valence-corrected chi connectivity index (χ0v) is 12.8. The predicted molar refractivity (Wildman–Crippen MR) is 84.4 cm³/mol. The summed E-state index contributed by atoms with van der Waals surface area (Å²) in [5.74, 6) is 0.604. The summed E-state index contributed by atoms with van der Waals surface area (Å²) in [6, 6.07) is 6.70. The van der Waals surface area contributed by atoms with E-state index in [-0.39, 0.29) is 0 Å². The summed E-state index contributed by atoms with van der Waals surface area (Å²) in [4.78, 5) is 2.85. The summed E-state index contributed by atoms with van der Waals surface area (Å²) in [7, 11) is 0. The molecule has 0 aromatic heterocycles. The van der Waals surface area contributed by atoms with Gasteiger partial charge < -0.3 is 10.6 Å². The summed E-state index contributed by atoms with van der Waals surface area (Å²) in [5, 5.41) is 0. The fourth-order valence-corrected chi connectivity index (χ4v) is 2.24. The lowest BCUT2D eigenvalue weighted by Gasteiger charge is -2.32. The van der Waals surface area contributed by atoms with Crippen molar-refractivity contribution in [1.29, 1.82) is 0 Å². The molecule has 0 aliphatic heterocycles. The minimum atomic E-state index is 0.433. The van der Waals surface area contributed by atoms with Crippen LogP contribution in [-0.2, 0) is 0 Å². The van der Waals surface area contributed by atoms with E-state index in [9.17, 15) is 0 Å². The Labute approximate surface area is 116 Å². The van der Waals surface area contributed by atoms with E-state index in [1.165, 1.54) is 5.56 Å². The molecule has 0 atom stereocenters. The molecule has 0 amide bonds. The third kappa shape index (κ3) is 3.70. The number of aryl methyl sites for hydroxylation is 1. The molecule has 0 radical (unpaired) electrons. The molecule has 0 saturated heterocycles. The van der Waals surface area contributed by atoms with Gasteiger partial charge in [0.15, 0.2) is 0 Å². The fourth-order valence-electron chi connectivity index (χ4n) is 2.07. The number of nitrogens with zero attached hydrogens (tertiary/aromatic N) is 1. The van der Waals surface area contributed by atoms with E-state index in [0.717, 1.165) is 17.8 Å². The fraction of sp³-hybridized carbons (Fsp3) is 0.533. The maximum Gasteiger partial charge on any atom is 0.106 e. The van der Waals surface area contributed by atoms with Crippen molar-refractivity contribution in [2.45, 2.75) is 40.7 Å². The molecule has 0 bridgehead atoms. The summed E-state index contributed by atoms with van der Waals surface area (Å²) in [6.45, 7) is 12.0. The Morgan fingerprint density at radius 3 is 2.33 bits per heavy atom. The van der Waals surface area contributed by atoms with Crippen molar-refractivity contribution >= 4 is 22.9 Å². The molecule has 1 aromatic carbocycles. The average molecular weight is 264 g/mol. The van der Waals surface area contributed by atoms with Crippen molar-refractivity contribution in [1.82, 2.24) is 0 Å². The first-order valence-electron chi connectivity index (χ1n) is 6.50. The molecule has 0 fully saturated rings. The highest BCUT2D eigenvalue weighted by Gasteiger charge is 2.17. The van der Waals surface area contributed by atoms with Crippen LogP contribution in [0, 0.1) is 12.8 Å². The van der Waals surface area contributed by atoms with Gasteiger partial charge >= 0.3 is 0 Å². The van der Waals surface area contributed by atoms with Crippen LogP contribution in [0.3, 0.4) is 0 Å². The summed E-state index contributed by atoms with van der Waals surface area (Å²) >= 11 is 5.16. The highest BCUT2D eigenvalue weighted by molar-refractivity contribution is 7.80. The zero-order valence-electron chi connectivity index (χ0n) is 12.0. The van der Waals surface area contributed by atoms with Gasteiger partial charge in [0.25, 0.3) is 0 Å². The van der Waals surface area contributed by atoms with Crippen LogP contribution in [0.2, 0.25) is 0 Å². The molecular formula is C15H24N2S. The number of benzene rings is 1. The Bertz CT molecular complexity index is 425. The van der Waals surface area contributed by atoms with Crippen LogP contribution in [0.4, 0.5) is 5.69 Å². The second-order valence-corrected chi connectivity index (χ2v) is 5.96. The Kier molecular flexibility index (Phi) is 5.15. The molecule has 100 valence electrons. The van der Waals surface area contributed by atoms with E-state index in [0.29, 0.717) is 16.9 Å². The summed E-state index contributed by atoms with van der Waals surface area (Å²) < 4.78 is 0. The van der Waals surface area contributed by atoms with E-state index >= 15 is 0 Å². The van der Waals surface area contributed by atoms with Crippen molar-refractivity contribution in [2.24, 2.45) is 11.7 Å². The van der Waals surface area contributed by atoms with Gasteiger partial charge in [-0.3, -0.25) is 0 Å². The van der Waals surface area contributed by atoms with Crippen molar-refractivity contribution in [3.8, 4) is 0 Å². The number of thiocarbonyl (C=S) groups is 1. The van der Waals surface area contributed by atoms with E-state index in [4.69, 9.17) is 18.0 Å². The van der Waals surface area contributed by atoms with Crippen LogP contribution in [-0.4, -0.2) is 17.6 Å². The van der Waals surface area contributed by atoms with Gasteiger partial charge in [-0.25, -0.2) is 0 Å². The van der Waals surface area contributed by atoms with E-state index in [1.807, 2.05) is 6.07 Å². The lowest BCUT2D eigenvalue weighted by molar-refractivity contribution is 0.571. The molecule has 0 aliphatic carbocycles. The first-order chi connectivity index (χ1) is 8.32. The average Bonchev–Trinajstić information content (AvgIpc) is 2.24. The molecule has 0 aliphatic rings. The van der Waals surface area contributed by atoms with E-state index in [1.54, 1.807) is 0 Å². The van der Waals surface area contributed by atoms with Crippen LogP contribution in [0.25, 0.3) is 0 Å². The summed E-state index contributed by atoms with van der Waals surface area (Å²) in [5.41, 5.74) is 9.21. The normalized spacial score (nSPS) is 11.1. The quantitative estimate of drug-likeness (QED) is 0.825. The maximum absolute atomic E-state index is 5.84. The molecule has 0 heterocycles. The van der Waals surface area contributed by atoms with Gasteiger partial charge in [0.1, 0.15) is 4.99 Å². The number of rotatable bonds is 5. The molecule has 18 heavy (non-hydrogen) atoms. The second kappa shape index (κ2) is 6.19. The molecule has 1 rings (SSSR count). The van der Waals surface area contributed by atoms with Gasteiger partial charge in [-0.1, -0.05) is 32.1 Å². The van der Waals surface area contributed by atoms with Crippen molar-refractivity contribution in [3.63, 3.8) is 0 Å². The van der Waals surface area contributed by atoms with Crippen LogP contribution < -0.4 is 10.6 Å². The third-order valence-electron chi connectivity index (χ3n) is 2.91. The van der Waals surface area contributed by atoms with Gasteiger partial charge in [-0.15, -0.1) is 0 Å². The minimum absolute atomic E-state index is 0.433. The monoisotopic (exact) mass is 264 g/mol. The lowest BCUT2D eigenvalue weighted by atomic mass is 10.1. The molecular weight excluding hydrogens is 240 g/mol. The molecule has 0 spiro atoms. The van der Waals surface area contributed by atoms with Gasteiger partial charge in [0.05, 0.1) is 0 Å². The van der Waals surface area contributed by atoms with Gasteiger partial charge in [0.2, 0.25) is 0 Å². The zero-order chi connectivity index (χ0) is 13.9. The molecule has 1 aromatic rings. The summed E-state index contributed by atoms with van der Waals surface area (Å²) in [6.07, 6.45) is 0. The predicted octanol–water partition coefficient (Wildman–Crippen LogP) is 3.50. The first-order valence-corrected chi connectivity index (χ1v) is 6.90. The molecule has 0 saturated carbocycles. The smallest absolute Gasteiger partial charge is 0.106 e. The highest BCUT2D eigenvalue weighted by atomic mass is 32.1. The lowest BCUT2D eigenvalue weighted by Crippen LogP contribution is -2.35. The topological polar surface area (TPSA) is 29.3 Å². The van der Waals surface area contributed by atoms with Gasteiger partial charge in [-0.2, -0.15) is 0 Å². The highest BCUT2D eigenvalue weighted by Crippen LogP contribution is 2.25. The Morgan fingerprint density at radius 1 is 1.28 bits per heavy atom. The van der Waals surface area contributed by atoms with Gasteiger partial charge in [0, 0.05) is 23.8 Å². The van der Waals surface area contributed by atoms with Crippen molar-refractivity contribution in [2.75, 3.05) is 11.4 Å². The van der Waals surface area contributed by atoms with Crippen LogP contribution in [0.15, 0.2) is 18.2 Å². The molecule has 2 nitrogen and oxygen atoms in total. The third-order valence-corrected chi connectivity index (χ3v) is 3.13. The molecule has 2 N–H and O–H groups in total. The van der Waals surface area contributed by atoms with E-state index < -0.39 is 0 Å². The number of hydrogen-bond acceptors (Lipinski definition) is 2. The minimum Gasteiger partial charge on any atom is -0.389 e. The standard InChI is InChI=1S/C15H24N2S/c1-10(2)9-17(11(3)4)14-8-12(5)6-7-13(14)15(16)18/h6-8,10-11H,9H2,1-5H3,(H2,16,18). The van der Waals surface area contributed by atoms with E-state index in [2.05, 4.69) is 51.7 Å². The largest absolute Gasteiger partial charge is 0.389 e. The second-order valence-electron chi connectivity index (χ2n) is 5.52. The number of nitrogens with two attached hydrogens (primary N) is 1. The SMILES string of the molecule is Cc1ccc(C(N)=S)c(N(CC(C)C)C(C)C)c1. The van der Waals surface area contributed by atoms with Crippen LogP contribution in [0.5, 0.6) is 0 Å². The number of hydrogen-bond donors (Lipinski definition) is 1. The number of anilines is 1. The first kappa shape index (κ1) is 15.0. The Hall–Kier alpha value is -1.09. The van der Waals surface area contributed by atoms with Crippen molar-refractivity contribution in [3.05, 3.63) is 29.3 Å². The Balaban J connectivity index is 3.25. The van der Waals surface area contributed by atoms with Crippen molar-refractivity contribution < 1.29 is 0 Å².